The van der Waals surface area contributed by atoms with Gasteiger partial charge in [0.15, 0.2) is 0 Å². The zero-order chi connectivity index (χ0) is 14.5. The standard InChI is InChI=1S/C15H11Cl3N2/c16-11-3-5-12(6-4-11)20-15(19)8-2-10-1-7-13(17)14(18)9-10/h1-9H,(H2,19,20)/b8-2+. The highest BCUT2D eigenvalue weighted by Crippen LogP contribution is 2.23. The molecule has 0 spiro atoms. The summed E-state index contributed by atoms with van der Waals surface area (Å²) < 4.78 is 0. The van der Waals surface area contributed by atoms with Gasteiger partial charge in [0.1, 0.15) is 5.84 Å². The Morgan fingerprint density at radius 3 is 2.30 bits per heavy atom. The lowest BCUT2D eigenvalue weighted by Gasteiger charge is -2.04. The number of hydrogen-bond acceptors (Lipinski definition) is 1. The van der Waals surface area contributed by atoms with Crippen LogP contribution in [0.15, 0.2) is 48.5 Å². The fourth-order valence-corrected chi connectivity index (χ4v) is 1.96. The van der Waals surface area contributed by atoms with E-state index in [0.29, 0.717) is 15.1 Å². The summed E-state index contributed by atoms with van der Waals surface area (Å²) in [7, 11) is 0. The van der Waals surface area contributed by atoms with E-state index in [1.807, 2.05) is 18.2 Å². The Morgan fingerprint density at radius 1 is 0.950 bits per heavy atom. The molecule has 2 aromatic carbocycles. The molecule has 5 heteroatoms. The van der Waals surface area contributed by atoms with E-state index in [-0.39, 0.29) is 5.84 Å². The number of anilines is 1. The Balaban J connectivity index is 2.01. The molecule has 102 valence electrons. The first kappa shape index (κ1) is 14.9. The van der Waals surface area contributed by atoms with Gasteiger partial charge in [-0.25, -0.2) is 0 Å². The molecule has 0 aliphatic carbocycles. The Hall–Kier alpha value is -1.48. The molecule has 0 aliphatic rings. The number of halogens is 3. The van der Waals surface area contributed by atoms with Crippen LogP contribution in [0.25, 0.3) is 6.08 Å². The lowest BCUT2D eigenvalue weighted by atomic mass is 10.2. The van der Waals surface area contributed by atoms with Crippen molar-refractivity contribution < 1.29 is 0 Å². The van der Waals surface area contributed by atoms with Crippen molar-refractivity contribution in [3.05, 3.63) is 69.2 Å². The van der Waals surface area contributed by atoms with Crippen molar-refractivity contribution in [1.82, 2.24) is 0 Å². The van der Waals surface area contributed by atoms with Gasteiger partial charge in [-0.15, -0.1) is 0 Å². The number of nitrogens with one attached hydrogen (secondary N) is 2. The second kappa shape index (κ2) is 6.80. The number of rotatable bonds is 3. The fraction of sp³-hybridized carbons (Fsp3) is 0. The van der Waals surface area contributed by atoms with Crippen LogP contribution in [0, 0.1) is 5.41 Å². The topological polar surface area (TPSA) is 35.9 Å². The average Bonchev–Trinajstić information content (AvgIpc) is 2.43. The Labute approximate surface area is 132 Å². The first-order chi connectivity index (χ1) is 9.54. The van der Waals surface area contributed by atoms with Crippen LogP contribution in [-0.4, -0.2) is 5.84 Å². The third-order valence-electron chi connectivity index (χ3n) is 2.51. The molecule has 2 aromatic rings. The summed E-state index contributed by atoms with van der Waals surface area (Å²) in [6.45, 7) is 0. The zero-order valence-electron chi connectivity index (χ0n) is 10.3. The second-order valence-corrected chi connectivity index (χ2v) is 5.30. The first-order valence-corrected chi connectivity index (χ1v) is 6.92. The van der Waals surface area contributed by atoms with Crippen LogP contribution in [-0.2, 0) is 0 Å². The van der Waals surface area contributed by atoms with E-state index in [4.69, 9.17) is 40.2 Å². The average molecular weight is 326 g/mol. The number of hydrogen-bond donors (Lipinski definition) is 2. The molecule has 2 rings (SSSR count). The van der Waals surface area contributed by atoms with Gasteiger partial charge in [0, 0.05) is 10.7 Å². The molecule has 2 nitrogen and oxygen atoms in total. The van der Waals surface area contributed by atoms with Crippen molar-refractivity contribution >= 4 is 52.4 Å². The van der Waals surface area contributed by atoms with Crippen LogP contribution in [0.5, 0.6) is 0 Å². The zero-order valence-corrected chi connectivity index (χ0v) is 12.6. The summed E-state index contributed by atoms with van der Waals surface area (Å²) in [5.41, 5.74) is 1.68. The van der Waals surface area contributed by atoms with Crippen molar-refractivity contribution in [2.45, 2.75) is 0 Å². The van der Waals surface area contributed by atoms with Gasteiger partial charge >= 0.3 is 0 Å². The first-order valence-electron chi connectivity index (χ1n) is 5.79. The maximum absolute atomic E-state index is 7.84. The number of amidine groups is 1. The molecule has 0 amide bonds. The van der Waals surface area contributed by atoms with E-state index < -0.39 is 0 Å². The minimum absolute atomic E-state index is 0.262. The summed E-state index contributed by atoms with van der Waals surface area (Å²) in [5, 5.41) is 12.4. The van der Waals surface area contributed by atoms with Gasteiger partial charge in [-0.1, -0.05) is 46.9 Å². The van der Waals surface area contributed by atoms with Gasteiger partial charge in [0.05, 0.1) is 10.0 Å². The maximum atomic E-state index is 7.84. The molecule has 2 N–H and O–H groups in total. The number of benzene rings is 2. The highest BCUT2D eigenvalue weighted by atomic mass is 35.5. The van der Waals surface area contributed by atoms with Crippen molar-refractivity contribution in [3.63, 3.8) is 0 Å². The molecule has 0 aromatic heterocycles. The normalized spacial score (nSPS) is 10.8. The molecule has 0 bridgehead atoms. The molecule has 0 radical (unpaired) electrons. The van der Waals surface area contributed by atoms with Crippen LogP contribution in [0.1, 0.15) is 5.56 Å². The van der Waals surface area contributed by atoms with Crippen molar-refractivity contribution in [2.75, 3.05) is 5.32 Å². The van der Waals surface area contributed by atoms with E-state index in [0.717, 1.165) is 11.3 Å². The van der Waals surface area contributed by atoms with Crippen molar-refractivity contribution in [3.8, 4) is 0 Å². The minimum atomic E-state index is 0.262. The van der Waals surface area contributed by atoms with Gasteiger partial charge < -0.3 is 5.32 Å². The van der Waals surface area contributed by atoms with E-state index in [1.54, 1.807) is 36.4 Å². The Kier molecular flexibility index (Phi) is 5.07. The van der Waals surface area contributed by atoms with Gasteiger partial charge in [-0.2, -0.15) is 0 Å². The van der Waals surface area contributed by atoms with Crippen LogP contribution in [0.4, 0.5) is 5.69 Å². The minimum Gasteiger partial charge on any atom is -0.341 e. The van der Waals surface area contributed by atoms with Crippen LogP contribution >= 0.6 is 34.8 Å². The van der Waals surface area contributed by atoms with Crippen LogP contribution in [0.2, 0.25) is 15.1 Å². The second-order valence-electron chi connectivity index (χ2n) is 4.05. The maximum Gasteiger partial charge on any atom is 0.122 e. The van der Waals surface area contributed by atoms with E-state index in [9.17, 15) is 0 Å². The van der Waals surface area contributed by atoms with E-state index in [1.165, 1.54) is 0 Å². The molecule has 0 unspecified atom stereocenters. The monoisotopic (exact) mass is 324 g/mol. The SMILES string of the molecule is N=C(/C=C/c1ccc(Cl)c(Cl)c1)Nc1ccc(Cl)cc1. The Morgan fingerprint density at radius 2 is 1.65 bits per heavy atom. The third kappa shape index (κ3) is 4.27. The third-order valence-corrected chi connectivity index (χ3v) is 3.50. The molecule has 0 fully saturated rings. The summed E-state index contributed by atoms with van der Waals surface area (Å²) in [5.74, 6) is 0.262. The van der Waals surface area contributed by atoms with Gasteiger partial charge in [0.25, 0.3) is 0 Å². The lowest BCUT2D eigenvalue weighted by Crippen LogP contribution is -2.06. The predicted octanol–water partition coefficient (Wildman–Crippen LogP) is 5.75. The highest BCUT2D eigenvalue weighted by Gasteiger charge is 1.98. The highest BCUT2D eigenvalue weighted by molar-refractivity contribution is 6.42. The molecular weight excluding hydrogens is 315 g/mol. The van der Waals surface area contributed by atoms with Crippen LogP contribution in [0.3, 0.4) is 0 Å². The summed E-state index contributed by atoms with van der Waals surface area (Å²) >= 11 is 17.6. The molecule has 20 heavy (non-hydrogen) atoms. The Bertz CT molecular complexity index is 649. The molecule has 0 saturated heterocycles. The smallest absolute Gasteiger partial charge is 0.122 e. The van der Waals surface area contributed by atoms with Crippen LogP contribution < -0.4 is 5.32 Å². The predicted molar refractivity (Wildman–Crippen MR) is 88.3 cm³/mol. The van der Waals surface area contributed by atoms with Crippen molar-refractivity contribution in [1.29, 1.82) is 5.41 Å². The summed E-state index contributed by atoms with van der Waals surface area (Å²) in [4.78, 5) is 0. The summed E-state index contributed by atoms with van der Waals surface area (Å²) in [6, 6.07) is 12.4. The molecule has 0 heterocycles. The lowest BCUT2D eigenvalue weighted by molar-refractivity contribution is 1.48. The fourth-order valence-electron chi connectivity index (χ4n) is 1.53. The molecular formula is C15H11Cl3N2. The molecule has 0 aliphatic heterocycles. The molecule has 0 saturated carbocycles. The van der Waals surface area contributed by atoms with Gasteiger partial charge in [-0.05, 0) is 48.0 Å². The van der Waals surface area contributed by atoms with Crippen molar-refractivity contribution in [2.24, 2.45) is 0 Å². The van der Waals surface area contributed by atoms with Gasteiger partial charge in [0.2, 0.25) is 0 Å². The molecule has 0 atom stereocenters. The van der Waals surface area contributed by atoms with Gasteiger partial charge in [-0.3, -0.25) is 5.41 Å². The quantitative estimate of drug-likeness (QED) is 0.547. The summed E-state index contributed by atoms with van der Waals surface area (Å²) in [6.07, 6.45) is 3.43. The largest absolute Gasteiger partial charge is 0.341 e. The van der Waals surface area contributed by atoms with E-state index >= 15 is 0 Å². The van der Waals surface area contributed by atoms with E-state index in [2.05, 4.69) is 5.32 Å².